The number of nitrogens with zero attached hydrogens (tertiary/aromatic N) is 3. The fraction of sp³-hybridized carbons (Fsp3) is 0.0833. The summed E-state index contributed by atoms with van der Waals surface area (Å²) in [4.78, 5) is 18.2. The van der Waals surface area contributed by atoms with Crippen molar-refractivity contribution in [3.8, 4) is 11.3 Å². The monoisotopic (exact) mass is 476 g/mol. The number of thiazole rings is 1. The van der Waals surface area contributed by atoms with E-state index in [4.69, 9.17) is 0 Å². The normalized spacial score (nSPS) is 11.9. The third-order valence-corrected chi connectivity index (χ3v) is 7.92. The van der Waals surface area contributed by atoms with Gasteiger partial charge in [0.2, 0.25) is 15.9 Å². The summed E-state index contributed by atoms with van der Waals surface area (Å²) >= 11 is 1.56. The number of anilines is 1. The summed E-state index contributed by atoms with van der Waals surface area (Å²) in [6, 6.07) is 19.8. The second-order valence-corrected chi connectivity index (χ2v) is 10.5. The highest BCUT2D eigenvalue weighted by Crippen LogP contribution is 2.24. The molecule has 1 amide bonds. The van der Waals surface area contributed by atoms with Crippen molar-refractivity contribution in [1.82, 2.24) is 13.7 Å². The molecule has 0 bridgehead atoms. The van der Waals surface area contributed by atoms with Crippen molar-refractivity contribution >= 4 is 48.7 Å². The molecular weight excluding hydrogens is 456 g/mol. The van der Waals surface area contributed by atoms with Crippen LogP contribution in [0, 0.1) is 0 Å². The number of hydrogen-bond acceptors (Lipinski definition) is 5. The lowest BCUT2D eigenvalue weighted by Gasteiger charge is -2.17. The van der Waals surface area contributed by atoms with Gasteiger partial charge in [0, 0.05) is 36.1 Å². The summed E-state index contributed by atoms with van der Waals surface area (Å²) in [5.41, 5.74) is 2.36. The molecule has 2 heterocycles. The Morgan fingerprint density at radius 3 is 2.58 bits per heavy atom. The zero-order chi connectivity index (χ0) is 23.0. The van der Waals surface area contributed by atoms with Gasteiger partial charge in [-0.2, -0.15) is 4.31 Å². The Morgan fingerprint density at radius 1 is 1.06 bits per heavy atom. The van der Waals surface area contributed by atoms with Gasteiger partial charge in [0.25, 0.3) is 0 Å². The van der Waals surface area contributed by atoms with E-state index in [1.807, 2.05) is 58.6 Å². The number of rotatable bonds is 6. The van der Waals surface area contributed by atoms with E-state index in [2.05, 4.69) is 10.3 Å². The van der Waals surface area contributed by atoms with Gasteiger partial charge in [0.1, 0.15) is 0 Å². The zero-order valence-corrected chi connectivity index (χ0v) is 19.3. The van der Waals surface area contributed by atoms with Crippen LogP contribution in [0.5, 0.6) is 0 Å². The summed E-state index contributed by atoms with van der Waals surface area (Å²) in [6.45, 7) is -0.297. The first-order valence-electron chi connectivity index (χ1n) is 10.2. The van der Waals surface area contributed by atoms with Crippen LogP contribution in [0.15, 0.2) is 89.4 Å². The molecule has 0 saturated carbocycles. The maximum atomic E-state index is 13.0. The molecule has 0 fully saturated rings. The van der Waals surface area contributed by atoms with E-state index < -0.39 is 15.9 Å². The highest BCUT2D eigenvalue weighted by molar-refractivity contribution is 7.89. The van der Waals surface area contributed by atoms with Crippen LogP contribution < -0.4 is 5.32 Å². The second-order valence-electron chi connectivity index (χ2n) is 7.61. The minimum absolute atomic E-state index is 0.154. The van der Waals surface area contributed by atoms with Gasteiger partial charge >= 0.3 is 0 Å². The van der Waals surface area contributed by atoms with Crippen LogP contribution in [0.3, 0.4) is 0 Å². The van der Waals surface area contributed by atoms with Crippen LogP contribution in [-0.2, 0) is 14.8 Å². The van der Waals surface area contributed by atoms with E-state index in [9.17, 15) is 13.2 Å². The van der Waals surface area contributed by atoms with Crippen molar-refractivity contribution in [2.75, 3.05) is 18.9 Å². The summed E-state index contributed by atoms with van der Waals surface area (Å²) in [5, 5.41) is 6.51. The average Bonchev–Trinajstić information content (AvgIpc) is 3.42. The summed E-state index contributed by atoms with van der Waals surface area (Å²) in [7, 11) is -2.40. The number of fused-ring (bicyclic) bond motifs is 2. The third kappa shape index (κ3) is 4.25. The number of amides is 1. The first-order valence-corrected chi connectivity index (χ1v) is 12.5. The molecule has 7 nitrogen and oxygen atoms in total. The molecule has 0 saturated heterocycles. The average molecular weight is 477 g/mol. The smallest absolute Gasteiger partial charge is 0.243 e. The molecule has 5 aromatic rings. The number of likely N-dealkylation sites (N-methyl/N-ethyl adjacent to an activating group) is 1. The summed E-state index contributed by atoms with van der Waals surface area (Å²) in [6.07, 6.45) is 3.90. The second kappa shape index (κ2) is 8.43. The van der Waals surface area contributed by atoms with Gasteiger partial charge in [-0.1, -0.05) is 42.5 Å². The molecular formula is C24H20N4O3S2. The molecule has 3 aromatic carbocycles. The molecule has 0 radical (unpaired) electrons. The lowest BCUT2D eigenvalue weighted by atomic mass is 10.1. The predicted molar refractivity (Wildman–Crippen MR) is 131 cm³/mol. The van der Waals surface area contributed by atoms with Gasteiger partial charge in [0.05, 0.1) is 17.1 Å². The number of hydrogen-bond donors (Lipinski definition) is 1. The van der Waals surface area contributed by atoms with E-state index in [0.717, 1.165) is 31.3 Å². The molecule has 0 aliphatic rings. The predicted octanol–water partition coefficient (Wildman–Crippen LogP) is 4.48. The van der Waals surface area contributed by atoms with Crippen molar-refractivity contribution in [3.63, 3.8) is 0 Å². The Hall–Kier alpha value is -3.53. The topological polar surface area (TPSA) is 83.8 Å². The molecule has 166 valence electrons. The van der Waals surface area contributed by atoms with Gasteiger partial charge < -0.3 is 5.32 Å². The maximum Gasteiger partial charge on any atom is 0.243 e. The van der Waals surface area contributed by atoms with Gasteiger partial charge in [-0.05, 0) is 35.0 Å². The van der Waals surface area contributed by atoms with E-state index in [-0.39, 0.29) is 11.4 Å². The fourth-order valence-corrected chi connectivity index (χ4v) is 5.45. The van der Waals surface area contributed by atoms with Crippen molar-refractivity contribution in [2.45, 2.75) is 4.90 Å². The van der Waals surface area contributed by atoms with E-state index in [0.29, 0.717) is 5.69 Å². The first-order chi connectivity index (χ1) is 15.9. The van der Waals surface area contributed by atoms with Crippen LogP contribution >= 0.6 is 11.3 Å². The van der Waals surface area contributed by atoms with Crippen molar-refractivity contribution in [1.29, 1.82) is 0 Å². The highest BCUT2D eigenvalue weighted by atomic mass is 32.2. The Kier molecular flexibility index (Phi) is 5.45. The standard InChI is InChI=1S/C24H20N4O3S2/c1-27(33(30,31)21-11-8-17-4-2-3-5-19(17)14-21)16-23(29)25-20-9-6-18(7-10-20)22-15-28-12-13-32-24(28)26-22/h2-15H,16H2,1H3,(H,25,29). The molecule has 5 rings (SSSR count). The Morgan fingerprint density at radius 2 is 1.82 bits per heavy atom. The van der Waals surface area contributed by atoms with Crippen molar-refractivity contribution in [2.24, 2.45) is 0 Å². The van der Waals surface area contributed by atoms with Crippen LogP contribution in [0.1, 0.15) is 0 Å². The van der Waals surface area contributed by atoms with Crippen molar-refractivity contribution in [3.05, 3.63) is 84.5 Å². The minimum atomic E-state index is -3.80. The summed E-state index contributed by atoms with van der Waals surface area (Å²) in [5.74, 6) is -0.419. The largest absolute Gasteiger partial charge is 0.325 e. The van der Waals surface area contributed by atoms with Gasteiger partial charge in [-0.25, -0.2) is 13.4 Å². The highest BCUT2D eigenvalue weighted by Gasteiger charge is 2.23. The number of sulfonamides is 1. The summed E-state index contributed by atoms with van der Waals surface area (Å²) < 4.78 is 28.9. The molecule has 1 N–H and O–H groups in total. The molecule has 0 aliphatic heterocycles. The van der Waals surface area contributed by atoms with Crippen LogP contribution in [0.2, 0.25) is 0 Å². The van der Waals surface area contributed by atoms with Gasteiger partial charge in [-0.15, -0.1) is 11.3 Å². The zero-order valence-electron chi connectivity index (χ0n) is 17.7. The van der Waals surface area contributed by atoms with E-state index in [1.54, 1.807) is 41.7 Å². The quantitative estimate of drug-likeness (QED) is 0.392. The molecule has 2 aromatic heterocycles. The van der Waals surface area contributed by atoms with Crippen LogP contribution in [0.25, 0.3) is 27.0 Å². The number of carbonyl (C=O) groups is 1. The molecule has 33 heavy (non-hydrogen) atoms. The third-order valence-electron chi connectivity index (χ3n) is 5.35. The number of nitrogens with one attached hydrogen (secondary N) is 1. The van der Waals surface area contributed by atoms with Gasteiger partial charge in [-0.3, -0.25) is 9.20 Å². The van der Waals surface area contributed by atoms with Crippen LogP contribution in [0.4, 0.5) is 5.69 Å². The Labute approximate surface area is 195 Å². The number of benzene rings is 3. The molecule has 0 aliphatic carbocycles. The first kappa shape index (κ1) is 21.3. The Balaban J connectivity index is 1.26. The van der Waals surface area contributed by atoms with Crippen molar-refractivity contribution < 1.29 is 13.2 Å². The molecule has 0 spiro atoms. The fourth-order valence-electron chi connectivity index (χ4n) is 3.59. The number of aromatic nitrogens is 2. The lowest BCUT2D eigenvalue weighted by molar-refractivity contribution is -0.116. The molecule has 9 heteroatoms. The molecule has 0 unspecified atom stereocenters. The Bertz CT molecular complexity index is 1540. The SMILES string of the molecule is CN(CC(=O)Nc1ccc(-c2cn3ccsc3n2)cc1)S(=O)(=O)c1ccc2ccccc2c1. The lowest BCUT2D eigenvalue weighted by Crippen LogP contribution is -2.34. The molecule has 0 atom stereocenters. The number of imidazole rings is 1. The minimum Gasteiger partial charge on any atom is -0.325 e. The van der Waals surface area contributed by atoms with Gasteiger partial charge in [0.15, 0.2) is 4.96 Å². The van der Waals surface area contributed by atoms with E-state index >= 15 is 0 Å². The number of carbonyl (C=O) groups excluding carboxylic acids is 1. The maximum absolute atomic E-state index is 13.0. The van der Waals surface area contributed by atoms with Crippen LogP contribution in [-0.4, -0.2) is 41.6 Å². The van der Waals surface area contributed by atoms with E-state index in [1.165, 1.54) is 7.05 Å².